The van der Waals surface area contributed by atoms with Gasteiger partial charge in [-0.3, -0.25) is 0 Å². The van der Waals surface area contributed by atoms with Gasteiger partial charge in [-0.05, 0) is 49.2 Å². The molecule has 7 heteroatoms. The second kappa shape index (κ2) is 9.12. The van der Waals surface area contributed by atoms with Gasteiger partial charge in [0, 0.05) is 32.7 Å². The molecule has 1 N–H and O–H groups in total. The molecule has 0 aliphatic carbocycles. The number of ether oxygens (including phenoxy) is 2. The number of aryl methyl sites for hydroxylation is 1. The van der Waals surface area contributed by atoms with E-state index in [1.807, 2.05) is 48.2 Å². The molecule has 0 bridgehead atoms. The molecule has 31 heavy (non-hydrogen) atoms. The van der Waals surface area contributed by atoms with Gasteiger partial charge in [0.15, 0.2) is 5.75 Å². The first-order valence-corrected chi connectivity index (χ1v) is 10.5. The highest BCUT2D eigenvalue weighted by Gasteiger charge is 2.26. The third-order valence-corrected chi connectivity index (χ3v) is 5.47. The number of amidine groups is 1. The maximum Gasteiger partial charge on any atom is 0.317 e. The van der Waals surface area contributed by atoms with E-state index in [1.165, 1.54) is 0 Å². The zero-order valence-corrected chi connectivity index (χ0v) is 18.1. The molecule has 1 saturated heterocycles. The van der Waals surface area contributed by atoms with E-state index in [9.17, 15) is 4.79 Å². The highest BCUT2D eigenvalue weighted by Crippen LogP contribution is 2.40. The number of nitrogens with zero attached hydrogens (tertiary/aromatic N) is 3. The van der Waals surface area contributed by atoms with Gasteiger partial charge >= 0.3 is 6.03 Å². The summed E-state index contributed by atoms with van der Waals surface area (Å²) in [5.74, 6) is 3.07. The van der Waals surface area contributed by atoms with E-state index in [2.05, 4.69) is 16.8 Å². The third-order valence-electron chi connectivity index (χ3n) is 5.47. The number of aliphatic imine (C=N–C) groups is 1. The molecule has 2 amide bonds. The Morgan fingerprint density at radius 3 is 2.87 bits per heavy atom. The summed E-state index contributed by atoms with van der Waals surface area (Å²) in [6.45, 7) is 8.94. The largest absolute Gasteiger partial charge is 0.497 e. The van der Waals surface area contributed by atoms with Crippen LogP contribution in [0.5, 0.6) is 17.2 Å². The van der Waals surface area contributed by atoms with Gasteiger partial charge in [-0.25, -0.2) is 9.79 Å². The lowest BCUT2D eigenvalue weighted by atomic mass is 10.1. The van der Waals surface area contributed by atoms with E-state index in [1.54, 1.807) is 13.2 Å². The van der Waals surface area contributed by atoms with Crippen molar-refractivity contribution in [3.05, 3.63) is 60.2 Å². The smallest absolute Gasteiger partial charge is 0.317 e. The highest BCUT2D eigenvalue weighted by atomic mass is 16.5. The Balaban J connectivity index is 1.67. The van der Waals surface area contributed by atoms with Crippen LogP contribution in [0.15, 0.2) is 54.0 Å². The average Bonchev–Trinajstić information content (AvgIpc) is 3.11. The Bertz CT molecular complexity index is 1020. The number of rotatable bonds is 3. The second-order valence-electron chi connectivity index (χ2n) is 7.67. The van der Waals surface area contributed by atoms with Gasteiger partial charge in [-0.2, -0.15) is 0 Å². The predicted molar refractivity (Wildman–Crippen MR) is 122 cm³/mol. The zero-order chi connectivity index (χ0) is 21.8. The molecule has 0 unspecified atom stereocenters. The van der Waals surface area contributed by atoms with Gasteiger partial charge in [0.1, 0.15) is 23.0 Å². The van der Waals surface area contributed by atoms with Crippen LogP contribution >= 0.6 is 0 Å². The average molecular weight is 421 g/mol. The summed E-state index contributed by atoms with van der Waals surface area (Å²) >= 11 is 0. The summed E-state index contributed by atoms with van der Waals surface area (Å²) in [7, 11) is 1.65. The van der Waals surface area contributed by atoms with E-state index in [4.69, 9.17) is 14.5 Å². The number of amides is 2. The van der Waals surface area contributed by atoms with Crippen molar-refractivity contribution in [3.8, 4) is 17.2 Å². The highest BCUT2D eigenvalue weighted by molar-refractivity contribution is 6.04. The molecule has 0 spiro atoms. The molecular formula is C24H28N4O3. The fourth-order valence-electron chi connectivity index (χ4n) is 3.83. The number of fused-ring (bicyclic) bond motifs is 2. The SMILES string of the molecule is C=CCNC(=O)N1CCCN(C2=Nc3ccc(C)cc3Oc3ccc(OC)cc32)CC1. The maximum absolute atomic E-state index is 12.4. The molecule has 0 aromatic heterocycles. The van der Waals surface area contributed by atoms with Crippen molar-refractivity contribution in [3.63, 3.8) is 0 Å². The molecule has 2 aliphatic heterocycles. The van der Waals surface area contributed by atoms with Crippen molar-refractivity contribution in [2.45, 2.75) is 13.3 Å². The van der Waals surface area contributed by atoms with Gasteiger partial charge < -0.3 is 24.6 Å². The molecule has 4 rings (SSSR count). The summed E-state index contributed by atoms with van der Waals surface area (Å²) in [4.78, 5) is 21.5. The van der Waals surface area contributed by atoms with Crippen molar-refractivity contribution < 1.29 is 14.3 Å². The molecular weight excluding hydrogens is 392 g/mol. The first-order chi connectivity index (χ1) is 15.1. The number of hydrogen-bond acceptors (Lipinski definition) is 5. The quantitative estimate of drug-likeness (QED) is 0.760. The zero-order valence-electron chi connectivity index (χ0n) is 18.1. The maximum atomic E-state index is 12.4. The number of carbonyl (C=O) groups excluding carboxylic acids is 1. The van der Waals surface area contributed by atoms with Crippen LogP contribution in [-0.2, 0) is 0 Å². The van der Waals surface area contributed by atoms with Crippen LogP contribution in [0.3, 0.4) is 0 Å². The van der Waals surface area contributed by atoms with Crippen LogP contribution in [0.4, 0.5) is 10.5 Å². The normalized spacial score (nSPS) is 15.5. The molecule has 2 aromatic carbocycles. The molecule has 1 fully saturated rings. The minimum atomic E-state index is -0.0595. The van der Waals surface area contributed by atoms with E-state index in [0.717, 1.165) is 52.9 Å². The molecule has 2 aliphatic rings. The lowest BCUT2D eigenvalue weighted by molar-refractivity contribution is 0.201. The fraction of sp³-hybridized carbons (Fsp3) is 0.333. The number of urea groups is 1. The minimum Gasteiger partial charge on any atom is -0.497 e. The predicted octanol–water partition coefficient (Wildman–Crippen LogP) is 4.09. The van der Waals surface area contributed by atoms with Crippen molar-refractivity contribution in [2.75, 3.05) is 39.8 Å². The Hall–Kier alpha value is -3.48. The summed E-state index contributed by atoms with van der Waals surface area (Å²) < 4.78 is 11.7. The van der Waals surface area contributed by atoms with Crippen LogP contribution in [0.2, 0.25) is 0 Å². The molecule has 0 atom stereocenters. The Kier molecular flexibility index (Phi) is 6.11. The van der Waals surface area contributed by atoms with Crippen LogP contribution < -0.4 is 14.8 Å². The van der Waals surface area contributed by atoms with Gasteiger partial charge in [0.25, 0.3) is 0 Å². The Labute approximate surface area is 183 Å². The third kappa shape index (κ3) is 4.50. The molecule has 0 saturated carbocycles. The molecule has 2 heterocycles. The number of carbonyl (C=O) groups is 1. The fourth-order valence-corrected chi connectivity index (χ4v) is 3.83. The van der Waals surface area contributed by atoms with Crippen molar-refractivity contribution >= 4 is 17.6 Å². The Morgan fingerprint density at radius 1 is 1.19 bits per heavy atom. The number of methoxy groups -OCH3 is 1. The van der Waals surface area contributed by atoms with E-state index in [-0.39, 0.29) is 6.03 Å². The van der Waals surface area contributed by atoms with Crippen LogP contribution in [0.25, 0.3) is 0 Å². The summed E-state index contributed by atoms with van der Waals surface area (Å²) in [6, 6.07) is 11.8. The van der Waals surface area contributed by atoms with Gasteiger partial charge in [0.05, 0.1) is 12.7 Å². The summed E-state index contributed by atoms with van der Waals surface area (Å²) in [5.41, 5.74) is 2.79. The molecule has 162 valence electrons. The summed E-state index contributed by atoms with van der Waals surface area (Å²) in [5, 5.41) is 2.87. The van der Waals surface area contributed by atoms with Crippen molar-refractivity contribution in [1.82, 2.24) is 15.1 Å². The van der Waals surface area contributed by atoms with Crippen molar-refractivity contribution in [1.29, 1.82) is 0 Å². The molecule has 0 radical (unpaired) electrons. The van der Waals surface area contributed by atoms with Gasteiger partial charge in [-0.15, -0.1) is 6.58 Å². The van der Waals surface area contributed by atoms with E-state index >= 15 is 0 Å². The second-order valence-corrected chi connectivity index (χ2v) is 7.67. The molecule has 7 nitrogen and oxygen atoms in total. The monoisotopic (exact) mass is 420 g/mol. The van der Waals surface area contributed by atoms with Crippen LogP contribution in [-0.4, -0.2) is 61.5 Å². The Morgan fingerprint density at radius 2 is 2.06 bits per heavy atom. The lowest BCUT2D eigenvalue weighted by Gasteiger charge is -2.25. The minimum absolute atomic E-state index is 0.0595. The van der Waals surface area contributed by atoms with E-state index in [0.29, 0.717) is 26.2 Å². The first kappa shape index (κ1) is 20.8. The van der Waals surface area contributed by atoms with Gasteiger partial charge in [0.2, 0.25) is 0 Å². The standard InChI is InChI=1S/C24H28N4O3/c1-4-10-25-24(29)28-12-5-11-27(13-14-28)23-19-16-18(30-3)7-9-21(19)31-22-15-17(2)6-8-20(22)26-23/h4,6-9,15-16H,1,5,10-14H2,2-3H3,(H,25,29). The van der Waals surface area contributed by atoms with Crippen LogP contribution in [0.1, 0.15) is 17.5 Å². The lowest BCUT2D eigenvalue weighted by Crippen LogP contribution is -2.42. The summed E-state index contributed by atoms with van der Waals surface area (Å²) in [6.07, 6.45) is 2.53. The number of nitrogens with one attached hydrogen (secondary N) is 1. The number of benzene rings is 2. The van der Waals surface area contributed by atoms with Crippen LogP contribution in [0, 0.1) is 6.92 Å². The topological polar surface area (TPSA) is 66.4 Å². The van der Waals surface area contributed by atoms with E-state index < -0.39 is 0 Å². The van der Waals surface area contributed by atoms with Gasteiger partial charge in [-0.1, -0.05) is 12.1 Å². The molecule has 2 aromatic rings. The first-order valence-electron chi connectivity index (χ1n) is 10.5. The van der Waals surface area contributed by atoms with Crippen molar-refractivity contribution in [2.24, 2.45) is 4.99 Å². The number of hydrogen-bond donors (Lipinski definition) is 1.